The van der Waals surface area contributed by atoms with E-state index in [-0.39, 0.29) is 0 Å². The molecule has 3 rings (SSSR count). The molecular weight excluding hydrogens is 226 g/mol. The minimum atomic E-state index is 0.769. The van der Waals surface area contributed by atoms with E-state index in [0.717, 1.165) is 12.6 Å². The average molecular weight is 249 g/mol. The molecule has 1 unspecified atom stereocenters. The van der Waals surface area contributed by atoms with Crippen LogP contribution in [-0.2, 0) is 6.54 Å². The SMILES string of the molecule is CN1CCN(C2CCN(Cc3ccoc3)C2)CC1. The van der Waals surface area contributed by atoms with Crippen molar-refractivity contribution in [2.45, 2.75) is 19.0 Å². The Bertz CT molecular complexity index is 357. The van der Waals surface area contributed by atoms with Gasteiger partial charge < -0.3 is 9.32 Å². The Balaban J connectivity index is 1.49. The quantitative estimate of drug-likeness (QED) is 0.800. The summed E-state index contributed by atoms with van der Waals surface area (Å²) in [7, 11) is 2.22. The standard InChI is InChI=1S/C14H23N3O/c1-15-5-7-17(8-6-15)14-2-4-16(11-14)10-13-3-9-18-12-13/h3,9,12,14H,2,4-8,10-11H2,1H3. The molecule has 4 nitrogen and oxygen atoms in total. The molecule has 0 aliphatic carbocycles. The molecule has 0 bridgehead atoms. The smallest absolute Gasteiger partial charge is 0.0947 e. The fourth-order valence-corrected chi connectivity index (χ4v) is 3.08. The second kappa shape index (κ2) is 5.43. The molecule has 2 aliphatic heterocycles. The Labute approximate surface area is 109 Å². The summed E-state index contributed by atoms with van der Waals surface area (Å²) in [5.74, 6) is 0. The fourth-order valence-electron chi connectivity index (χ4n) is 3.08. The van der Waals surface area contributed by atoms with Crippen LogP contribution >= 0.6 is 0 Å². The van der Waals surface area contributed by atoms with Crippen LogP contribution < -0.4 is 0 Å². The maximum atomic E-state index is 5.14. The first-order valence-electron chi connectivity index (χ1n) is 6.97. The summed E-state index contributed by atoms with van der Waals surface area (Å²) >= 11 is 0. The lowest BCUT2D eigenvalue weighted by Gasteiger charge is -2.36. The second-order valence-corrected chi connectivity index (χ2v) is 5.65. The van der Waals surface area contributed by atoms with Gasteiger partial charge in [0.25, 0.3) is 0 Å². The molecular formula is C14H23N3O. The summed E-state index contributed by atoms with van der Waals surface area (Å²) in [5, 5.41) is 0. The zero-order valence-electron chi connectivity index (χ0n) is 11.2. The zero-order valence-corrected chi connectivity index (χ0v) is 11.2. The van der Waals surface area contributed by atoms with E-state index in [1.165, 1.54) is 51.3 Å². The molecule has 2 saturated heterocycles. The zero-order chi connectivity index (χ0) is 12.4. The van der Waals surface area contributed by atoms with Gasteiger partial charge in [-0.2, -0.15) is 0 Å². The summed E-state index contributed by atoms with van der Waals surface area (Å²) in [6.07, 6.45) is 4.95. The van der Waals surface area contributed by atoms with E-state index in [1.807, 2.05) is 6.26 Å². The van der Waals surface area contributed by atoms with E-state index in [0.29, 0.717) is 0 Å². The van der Waals surface area contributed by atoms with Crippen LogP contribution in [0, 0.1) is 0 Å². The molecule has 100 valence electrons. The third-order valence-electron chi connectivity index (χ3n) is 4.29. The van der Waals surface area contributed by atoms with Gasteiger partial charge in [-0.15, -0.1) is 0 Å². The van der Waals surface area contributed by atoms with E-state index in [4.69, 9.17) is 4.42 Å². The van der Waals surface area contributed by atoms with Crippen molar-refractivity contribution in [2.24, 2.45) is 0 Å². The summed E-state index contributed by atoms with van der Waals surface area (Å²) in [6.45, 7) is 8.40. The molecule has 0 spiro atoms. The van der Waals surface area contributed by atoms with Gasteiger partial charge >= 0.3 is 0 Å². The van der Waals surface area contributed by atoms with Gasteiger partial charge in [0.05, 0.1) is 12.5 Å². The second-order valence-electron chi connectivity index (χ2n) is 5.65. The number of hydrogen-bond donors (Lipinski definition) is 0. The monoisotopic (exact) mass is 249 g/mol. The Morgan fingerprint density at radius 2 is 2.06 bits per heavy atom. The van der Waals surface area contributed by atoms with Crippen molar-refractivity contribution in [3.8, 4) is 0 Å². The number of piperazine rings is 1. The van der Waals surface area contributed by atoms with E-state index < -0.39 is 0 Å². The Kier molecular flexibility index (Phi) is 3.68. The van der Waals surface area contributed by atoms with Crippen molar-refractivity contribution < 1.29 is 4.42 Å². The molecule has 2 aliphatic rings. The highest BCUT2D eigenvalue weighted by Crippen LogP contribution is 2.19. The van der Waals surface area contributed by atoms with Gasteiger partial charge in [0, 0.05) is 57.4 Å². The third kappa shape index (κ3) is 2.76. The van der Waals surface area contributed by atoms with Crippen LogP contribution in [0.1, 0.15) is 12.0 Å². The first kappa shape index (κ1) is 12.2. The van der Waals surface area contributed by atoms with Crippen LogP contribution in [0.15, 0.2) is 23.0 Å². The number of likely N-dealkylation sites (N-methyl/N-ethyl adjacent to an activating group) is 1. The fraction of sp³-hybridized carbons (Fsp3) is 0.714. The van der Waals surface area contributed by atoms with Crippen LogP contribution in [0.25, 0.3) is 0 Å². The van der Waals surface area contributed by atoms with Gasteiger partial charge in [-0.05, 0) is 19.5 Å². The highest BCUT2D eigenvalue weighted by Gasteiger charge is 2.29. The van der Waals surface area contributed by atoms with Gasteiger partial charge in [-0.3, -0.25) is 9.80 Å². The van der Waals surface area contributed by atoms with E-state index in [9.17, 15) is 0 Å². The highest BCUT2D eigenvalue weighted by atomic mass is 16.3. The first-order valence-corrected chi connectivity index (χ1v) is 6.97. The molecule has 1 aromatic rings. The molecule has 1 aromatic heterocycles. The molecule has 0 aromatic carbocycles. The molecule has 0 saturated carbocycles. The van der Waals surface area contributed by atoms with Crippen LogP contribution in [0.5, 0.6) is 0 Å². The Morgan fingerprint density at radius 1 is 1.22 bits per heavy atom. The van der Waals surface area contributed by atoms with E-state index >= 15 is 0 Å². The largest absolute Gasteiger partial charge is 0.472 e. The summed E-state index contributed by atoms with van der Waals surface area (Å²) < 4.78 is 5.14. The van der Waals surface area contributed by atoms with Crippen LogP contribution in [0.3, 0.4) is 0 Å². The maximum absolute atomic E-state index is 5.14. The number of nitrogens with zero attached hydrogens (tertiary/aromatic N) is 3. The molecule has 1 atom stereocenters. The van der Waals surface area contributed by atoms with Crippen molar-refractivity contribution in [1.29, 1.82) is 0 Å². The van der Waals surface area contributed by atoms with E-state index in [2.05, 4.69) is 27.8 Å². The van der Waals surface area contributed by atoms with Gasteiger partial charge in [-0.1, -0.05) is 0 Å². The van der Waals surface area contributed by atoms with E-state index in [1.54, 1.807) is 6.26 Å². The Hall–Kier alpha value is -0.840. The summed E-state index contributed by atoms with van der Waals surface area (Å²) in [4.78, 5) is 7.65. The molecule has 4 heteroatoms. The van der Waals surface area contributed by atoms with Crippen molar-refractivity contribution in [1.82, 2.24) is 14.7 Å². The van der Waals surface area contributed by atoms with Crippen molar-refractivity contribution >= 4 is 0 Å². The first-order chi connectivity index (χ1) is 8.81. The lowest BCUT2D eigenvalue weighted by Crippen LogP contribution is -2.49. The maximum Gasteiger partial charge on any atom is 0.0947 e. The average Bonchev–Trinajstić information content (AvgIpc) is 3.02. The lowest BCUT2D eigenvalue weighted by molar-refractivity contribution is 0.112. The molecule has 2 fully saturated rings. The Morgan fingerprint density at radius 3 is 2.78 bits per heavy atom. The molecule has 0 N–H and O–H groups in total. The van der Waals surface area contributed by atoms with Crippen LogP contribution in [-0.4, -0.2) is 67.1 Å². The predicted molar refractivity (Wildman–Crippen MR) is 71.5 cm³/mol. The molecule has 18 heavy (non-hydrogen) atoms. The number of hydrogen-bond acceptors (Lipinski definition) is 4. The van der Waals surface area contributed by atoms with Gasteiger partial charge in [0.15, 0.2) is 0 Å². The number of furan rings is 1. The summed E-state index contributed by atoms with van der Waals surface area (Å²) in [5.41, 5.74) is 1.30. The van der Waals surface area contributed by atoms with Crippen LogP contribution in [0.2, 0.25) is 0 Å². The number of likely N-dealkylation sites (tertiary alicyclic amines) is 1. The number of rotatable bonds is 3. The van der Waals surface area contributed by atoms with Crippen molar-refractivity contribution in [3.05, 3.63) is 24.2 Å². The van der Waals surface area contributed by atoms with Gasteiger partial charge in [0.1, 0.15) is 0 Å². The van der Waals surface area contributed by atoms with Crippen molar-refractivity contribution in [2.75, 3.05) is 46.3 Å². The van der Waals surface area contributed by atoms with Gasteiger partial charge in [0.2, 0.25) is 0 Å². The summed E-state index contributed by atoms with van der Waals surface area (Å²) in [6, 6.07) is 2.84. The molecule has 0 radical (unpaired) electrons. The highest BCUT2D eigenvalue weighted by molar-refractivity contribution is 5.05. The molecule has 3 heterocycles. The molecule has 0 amide bonds. The predicted octanol–water partition coefficient (Wildman–Crippen LogP) is 1.10. The normalized spacial score (nSPS) is 27.9. The van der Waals surface area contributed by atoms with Crippen molar-refractivity contribution in [3.63, 3.8) is 0 Å². The minimum absolute atomic E-state index is 0.769. The third-order valence-corrected chi connectivity index (χ3v) is 4.29. The topological polar surface area (TPSA) is 22.9 Å². The van der Waals surface area contributed by atoms with Gasteiger partial charge in [-0.25, -0.2) is 0 Å². The van der Waals surface area contributed by atoms with Crippen LogP contribution in [0.4, 0.5) is 0 Å². The lowest BCUT2D eigenvalue weighted by atomic mass is 10.2. The minimum Gasteiger partial charge on any atom is -0.472 e.